The third kappa shape index (κ3) is 7.43. The zero-order valence-corrected chi connectivity index (χ0v) is 22.7. The second-order valence-corrected chi connectivity index (χ2v) is 10.5. The number of aliphatic hydroxyl groups excluding tert-OH is 12. The molecule has 0 spiro atoms. The van der Waals surface area contributed by atoms with E-state index in [9.17, 15) is 71.2 Å². The van der Waals surface area contributed by atoms with Gasteiger partial charge < -0.3 is 94.8 Å². The minimum atomic E-state index is -2.80. The lowest BCUT2D eigenvalue weighted by molar-refractivity contribution is -0.386. The molecular formula is C23H40O20. The predicted molar refractivity (Wildman–Crippen MR) is 129 cm³/mol. The molecule has 17 atom stereocenters. The van der Waals surface area contributed by atoms with Crippen molar-refractivity contribution in [1.29, 1.82) is 0 Å². The van der Waals surface area contributed by atoms with Crippen molar-refractivity contribution in [2.24, 2.45) is 0 Å². The molecule has 3 rings (SSSR count). The van der Waals surface area contributed by atoms with Crippen LogP contribution in [-0.2, 0) is 33.2 Å². The molecule has 20 nitrogen and oxygen atoms in total. The first kappa shape index (κ1) is 36.2. The van der Waals surface area contributed by atoms with E-state index in [1.54, 1.807) is 0 Å². The smallest absolute Gasteiger partial charge is 0.366 e. The summed E-state index contributed by atoms with van der Waals surface area (Å²) in [6.45, 7) is -2.99. The molecule has 0 saturated carbocycles. The van der Waals surface area contributed by atoms with Crippen LogP contribution >= 0.6 is 0 Å². The van der Waals surface area contributed by atoms with Gasteiger partial charge in [-0.3, -0.25) is 0 Å². The van der Waals surface area contributed by atoms with E-state index in [4.69, 9.17) is 23.7 Å². The fraction of sp³-hybridized carbons (Fsp3) is 0.957. The molecule has 3 saturated heterocycles. The summed E-state index contributed by atoms with van der Waals surface area (Å²) in [4.78, 5) is 12.1. The Kier molecular flexibility index (Phi) is 12.5. The van der Waals surface area contributed by atoms with Crippen LogP contribution in [0.5, 0.6) is 0 Å². The van der Waals surface area contributed by atoms with E-state index in [1.807, 2.05) is 0 Å². The number of methoxy groups -OCH3 is 1. The molecule has 0 radical (unpaired) electrons. The summed E-state index contributed by atoms with van der Waals surface area (Å²) in [5.41, 5.74) is 0. The summed E-state index contributed by atoms with van der Waals surface area (Å²) < 4.78 is 31.4. The van der Waals surface area contributed by atoms with Crippen LogP contribution in [0.2, 0.25) is 0 Å². The number of aliphatic hydroxyl groups is 13. The van der Waals surface area contributed by atoms with Crippen LogP contribution in [0.25, 0.3) is 0 Å². The van der Waals surface area contributed by atoms with E-state index < -0.39 is 136 Å². The lowest BCUT2D eigenvalue weighted by Crippen LogP contribution is -2.68. The van der Waals surface area contributed by atoms with Gasteiger partial charge in [0.25, 0.3) is 5.79 Å². The molecule has 0 aromatic rings. The number of carbonyl (C=O) groups excluding carboxylic acids is 1. The van der Waals surface area contributed by atoms with Crippen LogP contribution in [0.15, 0.2) is 0 Å². The largest absolute Gasteiger partial charge is 0.465 e. The van der Waals surface area contributed by atoms with E-state index in [-0.39, 0.29) is 0 Å². The van der Waals surface area contributed by atoms with Crippen molar-refractivity contribution >= 4 is 5.97 Å². The Morgan fingerprint density at radius 1 is 0.721 bits per heavy atom. The van der Waals surface area contributed by atoms with E-state index in [0.717, 1.165) is 7.11 Å². The van der Waals surface area contributed by atoms with Gasteiger partial charge in [0.15, 0.2) is 12.6 Å². The molecule has 0 aromatic carbocycles. The van der Waals surface area contributed by atoms with Crippen LogP contribution in [0.1, 0.15) is 6.42 Å². The molecule has 43 heavy (non-hydrogen) atoms. The zero-order valence-electron chi connectivity index (χ0n) is 22.7. The number of carbonyl (C=O) groups is 1. The number of hydrogen-bond acceptors (Lipinski definition) is 20. The standard InChI is InChI=1S/C23H40O20/c1-38-22(36)23(37)2-6(27)17(18(43-23)9(30)5-26)41-21-14(35)19(13(34)16(40-21)8(29)4-25)42-20-12(33)10(31)11(32)15(39-20)7(28)3-24/h6-21,24-35,37H,2-5H2,1H3/t6-,7+,8+,9-,10+,11+,12+,13-,14+,15-,16-,17-,18-,19+,20-,21-,23+/m1/s1. The molecule has 3 fully saturated rings. The second-order valence-electron chi connectivity index (χ2n) is 10.5. The molecule has 20 heteroatoms. The molecule has 0 bridgehead atoms. The summed E-state index contributed by atoms with van der Waals surface area (Å²) in [6, 6.07) is 0. The molecule has 0 amide bonds. The first-order valence-corrected chi connectivity index (χ1v) is 13.2. The molecule has 252 valence electrons. The minimum absolute atomic E-state index is 0.899. The number of rotatable bonds is 11. The highest BCUT2D eigenvalue weighted by Gasteiger charge is 2.57. The Hall–Kier alpha value is -1.25. The van der Waals surface area contributed by atoms with Gasteiger partial charge in [0.1, 0.15) is 79.4 Å². The zero-order chi connectivity index (χ0) is 32.4. The van der Waals surface area contributed by atoms with Crippen molar-refractivity contribution in [3.05, 3.63) is 0 Å². The Labute approximate surface area is 243 Å². The Balaban J connectivity index is 1.90. The molecule has 3 heterocycles. The van der Waals surface area contributed by atoms with E-state index >= 15 is 0 Å². The topological polar surface area (TPSA) is 335 Å². The lowest BCUT2D eigenvalue weighted by atomic mass is 9.91. The lowest BCUT2D eigenvalue weighted by Gasteiger charge is -2.49. The normalized spacial score (nSPS) is 46.1. The Morgan fingerprint density at radius 2 is 1.19 bits per heavy atom. The summed E-state index contributed by atoms with van der Waals surface area (Å²) in [5, 5.41) is 133. The van der Waals surface area contributed by atoms with Crippen LogP contribution in [-0.4, -0.2) is 203 Å². The van der Waals surface area contributed by atoms with Gasteiger partial charge in [-0.1, -0.05) is 0 Å². The number of hydrogen-bond donors (Lipinski definition) is 13. The highest BCUT2D eigenvalue weighted by molar-refractivity contribution is 5.77. The van der Waals surface area contributed by atoms with Crippen molar-refractivity contribution in [3.8, 4) is 0 Å². The molecule has 0 aromatic heterocycles. The third-order valence-electron chi connectivity index (χ3n) is 7.49. The average Bonchev–Trinajstić information content (AvgIpc) is 2.99. The molecule has 0 aliphatic carbocycles. The summed E-state index contributed by atoms with van der Waals surface area (Å²) in [7, 11) is 0.903. The highest BCUT2D eigenvalue weighted by Crippen LogP contribution is 2.36. The van der Waals surface area contributed by atoms with Crippen LogP contribution in [0.4, 0.5) is 0 Å². The fourth-order valence-electron chi connectivity index (χ4n) is 5.09. The molecule has 13 N–H and O–H groups in total. The molecule has 0 unspecified atom stereocenters. The van der Waals surface area contributed by atoms with E-state index in [0.29, 0.717) is 0 Å². The van der Waals surface area contributed by atoms with E-state index in [2.05, 4.69) is 4.74 Å². The maximum atomic E-state index is 12.1. The SMILES string of the molecule is COC(=O)[C@]1(O)C[C@@H](O)[C@@H](O[C@H]2O[C@H]([C@@H](O)CO)[C@@H](O)[C@H](O[C@H]3O[C@H]([C@@H](O)CO)[C@@H](O)[C@H](O)[C@@H]3O)[C@@H]2O)[C@@H]([C@H](O)CO)O1. The Morgan fingerprint density at radius 3 is 1.70 bits per heavy atom. The monoisotopic (exact) mass is 636 g/mol. The average molecular weight is 637 g/mol. The van der Waals surface area contributed by atoms with Gasteiger partial charge in [0.2, 0.25) is 0 Å². The molecule has 3 aliphatic rings. The van der Waals surface area contributed by atoms with Crippen molar-refractivity contribution in [2.75, 3.05) is 26.9 Å². The van der Waals surface area contributed by atoms with Gasteiger partial charge in [0.05, 0.1) is 33.0 Å². The minimum Gasteiger partial charge on any atom is -0.465 e. The number of ether oxygens (including phenoxy) is 6. The van der Waals surface area contributed by atoms with Gasteiger partial charge in [-0.15, -0.1) is 0 Å². The van der Waals surface area contributed by atoms with Crippen molar-refractivity contribution in [3.63, 3.8) is 0 Å². The van der Waals surface area contributed by atoms with Gasteiger partial charge in [0, 0.05) is 6.42 Å². The van der Waals surface area contributed by atoms with Crippen molar-refractivity contribution in [2.45, 2.75) is 110 Å². The number of esters is 1. The summed E-state index contributed by atoms with van der Waals surface area (Å²) in [6.07, 6.45) is -31.8. The summed E-state index contributed by atoms with van der Waals surface area (Å²) in [5.74, 6) is -4.16. The van der Waals surface area contributed by atoms with Crippen molar-refractivity contribution < 1.29 is 99.6 Å². The third-order valence-corrected chi connectivity index (χ3v) is 7.49. The van der Waals surface area contributed by atoms with E-state index in [1.165, 1.54) is 0 Å². The van der Waals surface area contributed by atoms with Gasteiger partial charge in [-0.2, -0.15) is 0 Å². The predicted octanol–water partition coefficient (Wildman–Crippen LogP) is -8.92. The van der Waals surface area contributed by atoms with Crippen LogP contribution in [0, 0.1) is 0 Å². The van der Waals surface area contributed by atoms with Gasteiger partial charge in [-0.05, 0) is 0 Å². The van der Waals surface area contributed by atoms with Gasteiger partial charge >= 0.3 is 5.97 Å². The van der Waals surface area contributed by atoms with Crippen LogP contribution < -0.4 is 0 Å². The molecular weight excluding hydrogens is 596 g/mol. The first-order chi connectivity index (χ1) is 20.1. The van der Waals surface area contributed by atoms with Crippen molar-refractivity contribution in [1.82, 2.24) is 0 Å². The second kappa shape index (κ2) is 14.9. The first-order valence-electron chi connectivity index (χ1n) is 13.2. The Bertz CT molecular complexity index is 897. The summed E-state index contributed by atoms with van der Waals surface area (Å²) >= 11 is 0. The van der Waals surface area contributed by atoms with Crippen LogP contribution in [0.3, 0.4) is 0 Å². The highest BCUT2D eigenvalue weighted by atomic mass is 16.8. The quantitative estimate of drug-likeness (QED) is 0.0936. The maximum absolute atomic E-state index is 12.1. The molecule has 3 aliphatic heterocycles. The fourth-order valence-corrected chi connectivity index (χ4v) is 5.09. The maximum Gasteiger partial charge on any atom is 0.366 e. The van der Waals surface area contributed by atoms with Gasteiger partial charge in [-0.25, -0.2) is 4.79 Å².